The first-order valence-corrected chi connectivity index (χ1v) is 9.79. The fraction of sp³-hybridized carbons (Fsp3) is 0.227. The van der Waals surface area contributed by atoms with Gasteiger partial charge in [-0.05, 0) is 61.9 Å². The number of ether oxygens (including phenoxy) is 3. The van der Waals surface area contributed by atoms with E-state index in [9.17, 15) is 14.9 Å². The fourth-order valence-corrected chi connectivity index (χ4v) is 2.81. The van der Waals surface area contributed by atoms with Crippen LogP contribution in [0.1, 0.15) is 19.4 Å². The molecule has 0 aliphatic rings. The average Bonchev–Trinajstić information content (AvgIpc) is 2.73. The number of nitrogens with one attached hydrogen (secondary N) is 1. The molecule has 2 amide bonds. The Labute approximate surface area is 185 Å². The summed E-state index contributed by atoms with van der Waals surface area (Å²) < 4.78 is 16.2. The molecule has 0 heterocycles. The van der Waals surface area contributed by atoms with E-state index in [-0.39, 0.29) is 28.7 Å². The van der Waals surface area contributed by atoms with Gasteiger partial charge in [0, 0.05) is 5.69 Å². The zero-order valence-electron chi connectivity index (χ0n) is 17.1. The number of halogens is 1. The molecule has 0 spiro atoms. The van der Waals surface area contributed by atoms with Crippen LogP contribution in [0.3, 0.4) is 0 Å². The molecule has 8 nitrogen and oxygen atoms in total. The van der Waals surface area contributed by atoms with Crippen LogP contribution in [0.25, 0.3) is 6.08 Å². The van der Waals surface area contributed by atoms with E-state index in [0.717, 1.165) is 0 Å². The monoisotopic (exact) mass is 443 g/mol. The number of nitriles is 1. The van der Waals surface area contributed by atoms with Gasteiger partial charge in [0.25, 0.3) is 11.8 Å². The maximum atomic E-state index is 12.5. The van der Waals surface area contributed by atoms with Gasteiger partial charge < -0.3 is 25.3 Å². The second-order valence-corrected chi connectivity index (χ2v) is 6.51. The van der Waals surface area contributed by atoms with Crippen molar-refractivity contribution in [2.75, 3.05) is 25.1 Å². The number of amides is 2. The molecule has 162 valence electrons. The van der Waals surface area contributed by atoms with E-state index < -0.39 is 11.8 Å². The summed E-state index contributed by atoms with van der Waals surface area (Å²) in [5.74, 6) is -0.174. The zero-order chi connectivity index (χ0) is 22.8. The van der Waals surface area contributed by atoms with E-state index in [1.165, 1.54) is 12.1 Å². The molecule has 0 radical (unpaired) electrons. The topological polar surface area (TPSA) is 124 Å². The fourth-order valence-electron chi connectivity index (χ4n) is 2.53. The summed E-state index contributed by atoms with van der Waals surface area (Å²) >= 11 is 6.25. The first-order valence-electron chi connectivity index (χ1n) is 9.41. The Hall–Kier alpha value is -3.70. The third kappa shape index (κ3) is 6.94. The van der Waals surface area contributed by atoms with E-state index >= 15 is 0 Å². The maximum Gasteiger partial charge on any atom is 0.266 e. The van der Waals surface area contributed by atoms with Crippen LogP contribution in [-0.2, 0) is 9.59 Å². The lowest BCUT2D eigenvalue weighted by molar-refractivity contribution is -0.120. The van der Waals surface area contributed by atoms with Crippen molar-refractivity contribution in [3.05, 3.63) is 52.6 Å². The van der Waals surface area contributed by atoms with Gasteiger partial charge in [0.2, 0.25) is 0 Å². The quantitative estimate of drug-likeness (QED) is 0.427. The summed E-state index contributed by atoms with van der Waals surface area (Å²) in [5, 5.41) is 12.2. The molecule has 2 aromatic rings. The Kier molecular flexibility index (Phi) is 8.73. The van der Waals surface area contributed by atoms with Gasteiger partial charge in [-0.1, -0.05) is 11.6 Å². The average molecular weight is 444 g/mol. The van der Waals surface area contributed by atoms with E-state index in [1.54, 1.807) is 37.3 Å². The minimum absolute atomic E-state index is 0.141. The summed E-state index contributed by atoms with van der Waals surface area (Å²) in [6.07, 6.45) is 1.37. The summed E-state index contributed by atoms with van der Waals surface area (Å²) in [4.78, 5) is 23.5. The normalized spacial score (nSPS) is 10.7. The van der Waals surface area contributed by atoms with Crippen molar-refractivity contribution < 1.29 is 23.8 Å². The third-order valence-corrected chi connectivity index (χ3v) is 4.07. The molecule has 0 bridgehead atoms. The van der Waals surface area contributed by atoms with Gasteiger partial charge in [-0.25, -0.2) is 0 Å². The van der Waals surface area contributed by atoms with Gasteiger partial charge in [-0.3, -0.25) is 9.59 Å². The predicted octanol–water partition coefficient (Wildman–Crippen LogP) is 3.55. The number of benzene rings is 2. The number of primary amides is 1. The highest BCUT2D eigenvalue weighted by atomic mass is 35.5. The van der Waals surface area contributed by atoms with Crippen molar-refractivity contribution in [3.8, 4) is 23.3 Å². The van der Waals surface area contributed by atoms with Gasteiger partial charge in [-0.2, -0.15) is 5.26 Å². The van der Waals surface area contributed by atoms with Crippen molar-refractivity contribution in [2.24, 2.45) is 5.73 Å². The van der Waals surface area contributed by atoms with Gasteiger partial charge in [-0.15, -0.1) is 0 Å². The number of carbonyl (C=O) groups is 2. The summed E-state index contributed by atoms with van der Waals surface area (Å²) in [6, 6.07) is 11.7. The van der Waals surface area contributed by atoms with Crippen LogP contribution >= 0.6 is 11.6 Å². The number of rotatable bonds is 10. The Morgan fingerprint density at radius 1 is 1.13 bits per heavy atom. The first kappa shape index (κ1) is 23.6. The van der Waals surface area contributed by atoms with Crippen LogP contribution in [0.5, 0.6) is 17.2 Å². The molecule has 0 atom stereocenters. The lowest BCUT2D eigenvalue weighted by atomic mass is 10.1. The summed E-state index contributed by atoms with van der Waals surface area (Å²) in [5.41, 5.74) is 5.92. The van der Waals surface area contributed by atoms with Crippen molar-refractivity contribution >= 4 is 35.2 Å². The van der Waals surface area contributed by atoms with Gasteiger partial charge in [0.05, 0.1) is 18.2 Å². The highest BCUT2D eigenvalue weighted by molar-refractivity contribution is 6.32. The van der Waals surface area contributed by atoms with Crippen molar-refractivity contribution in [2.45, 2.75) is 13.8 Å². The molecular formula is C22H22ClN3O5. The van der Waals surface area contributed by atoms with Crippen molar-refractivity contribution in [3.63, 3.8) is 0 Å². The Morgan fingerprint density at radius 3 is 2.39 bits per heavy atom. The van der Waals surface area contributed by atoms with Gasteiger partial charge in [0.1, 0.15) is 17.4 Å². The molecule has 2 aromatic carbocycles. The summed E-state index contributed by atoms with van der Waals surface area (Å²) in [7, 11) is 0. The number of carbonyl (C=O) groups excluding carboxylic acids is 2. The predicted molar refractivity (Wildman–Crippen MR) is 117 cm³/mol. The summed E-state index contributed by atoms with van der Waals surface area (Å²) in [6.45, 7) is 4.10. The highest BCUT2D eigenvalue weighted by Crippen LogP contribution is 2.37. The molecule has 0 unspecified atom stereocenters. The molecule has 0 fully saturated rings. The molecule has 0 aromatic heterocycles. The maximum absolute atomic E-state index is 12.5. The van der Waals surface area contributed by atoms with Gasteiger partial charge in [0.15, 0.2) is 18.1 Å². The molecule has 31 heavy (non-hydrogen) atoms. The highest BCUT2D eigenvalue weighted by Gasteiger charge is 2.15. The minimum Gasteiger partial charge on any atom is -0.494 e. The molecule has 0 aliphatic heterocycles. The van der Waals surface area contributed by atoms with Crippen molar-refractivity contribution in [1.82, 2.24) is 0 Å². The van der Waals surface area contributed by atoms with E-state index in [1.807, 2.05) is 13.0 Å². The van der Waals surface area contributed by atoms with E-state index in [2.05, 4.69) is 5.32 Å². The number of anilines is 1. The second kappa shape index (κ2) is 11.5. The number of hydrogen-bond donors (Lipinski definition) is 2. The zero-order valence-corrected chi connectivity index (χ0v) is 17.9. The molecule has 3 N–H and O–H groups in total. The molecule has 0 aliphatic carbocycles. The second-order valence-electron chi connectivity index (χ2n) is 6.10. The minimum atomic E-state index is -0.666. The van der Waals surface area contributed by atoms with Crippen LogP contribution in [0.4, 0.5) is 5.69 Å². The van der Waals surface area contributed by atoms with E-state index in [4.69, 9.17) is 31.5 Å². The van der Waals surface area contributed by atoms with E-state index in [0.29, 0.717) is 30.2 Å². The lowest BCUT2D eigenvalue weighted by Gasteiger charge is -2.13. The Morgan fingerprint density at radius 2 is 1.81 bits per heavy atom. The van der Waals surface area contributed by atoms with Crippen LogP contribution < -0.4 is 25.3 Å². The largest absolute Gasteiger partial charge is 0.494 e. The molecule has 0 saturated heterocycles. The van der Waals surface area contributed by atoms with Gasteiger partial charge >= 0.3 is 0 Å². The standard InChI is InChI=1S/C22H22ClN3O5/c1-3-29-17-7-5-16(6-8-17)26-22(28)15(12-24)9-14-10-18(23)21(31-13-20(25)27)19(11-14)30-4-2/h5-11H,3-4,13H2,1-2H3,(H2,25,27)(H,26,28)/b15-9+. The van der Waals surface area contributed by atoms with Crippen molar-refractivity contribution in [1.29, 1.82) is 5.26 Å². The molecule has 0 saturated carbocycles. The third-order valence-electron chi connectivity index (χ3n) is 3.79. The van der Waals surface area contributed by atoms with Crippen LogP contribution in [0, 0.1) is 11.3 Å². The lowest BCUT2D eigenvalue weighted by Crippen LogP contribution is -2.20. The number of nitrogens with zero attached hydrogens (tertiary/aromatic N) is 1. The Balaban J connectivity index is 2.26. The molecular weight excluding hydrogens is 422 g/mol. The van der Waals surface area contributed by atoms with Crippen LogP contribution in [0.15, 0.2) is 42.0 Å². The first-order chi connectivity index (χ1) is 14.9. The molecule has 9 heteroatoms. The van der Waals surface area contributed by atoms with Crippen LogP contribution in [0.2, 0.25) is 5.02 Å². The SMILES string of the molecule is CCOc1ccc(NC(=O)/C(C#N)=C/c2cc(Cl)c(OCC(N)=O)c(OCC)c2)cc1. The number of hydrogen-bond acceptors (Lipinski definition) is 6. The Bertz CT molecular complexity index is 1010. The van der Waals surface area contributed by atoms with Crippen LogP contribution in [-0.4, -0.2) is 31.6 Å². The number of nitrogens with two attached hydrogens (primary N) is 1. The smallest absolute Gasteiger partial charge is 0.266 e. The molecule has 2 rings (SSSR count).